The molecule has 25 heavy (non-hydrogen) atoms. The Morgan fingerprint density at radius 3 is 2.44 bits per heavy atom. The van der Waals surface area contributed by atoms with Gasteiger partial charge < -0.3 is 20.5 Å². The van der Waals surface area contributed by atoms with Crippen LogP contribution in [0.1, 0.15) is 0 Å². The van der Waals surface area contributed by atoms with E-state index in [2.05, 4.69) is 26.2 Å². The van der Waals surface area contributed by atoms with E-state index in [-0.39, 0.29) is 0 Å². The summed E-state index contributed by atoms with van der Waals surface area (Å²) in [6.45, 7) is 0. The number of anilines is 3. The van der Waals surface area contributed by atoms with E-state index in [4.69, 9.17) is 15.2 Å². The fourth-order valence-corrected chi connectivity index (χ4v) is 2.90. The first kappa shape index (κ1) is 17.1. The third-order valence-corrected chi connectivity index (χ3v) is 4.13. The SMILES string of the molecule is COc1ccc(-c2cc(Nc3cccc(Br)c3)cc(N)n2)cc1OC. The average Bonchev–Trinajstić information content (AvgIpc) is 2.60. The number of methoxy groups -OCH3 is 2. The van der Waals surface area contributed by atoms with Crippen LogP contribution in [0.15, 0.2) is 59.1 Å². The Labute approximate surface area is 154 Å². The molecule has 0 saturated heterocycles. The van der Waals surface area contributed by atoms with Gasteiger partial charge in [-0.15, -0.1) is 0 Å². The second kappa shape index (κ2) is 7.44. The Hall–Kier alpha value is -2.73. The number of benzene rings is 2. The Kier molecular flexibility index (Phi) is 5.09. The molecular weight excluding hydrogens is 382 g/mol. The summed E-state index contributed by atoms with van der Waals surface area (Å²) in [6.07, 6.45) is 0. The van der Waals surface area contributed by atoms with E-state index in [1.807, 2.05) is 48.5 Å². The van der Waals surface area contributed by atoms with Crippen LogP contribution in [0, 0.1) is 0 Å². The minimum absolute atomic E-state index is 0.435. The van der Waals surface area contributed by atoms with Crippen LogP contribution in [0.5, 0.6) is 11.5 Å². The van der Waals surface area contributed by atoms with Gasteiger partial charge in [-0.05, 0) is 42.5 Å². The molecule has 2 aromatic carbocycles. The highest BCUT2D eigenvalue weighted by atomic mass is 79.9. The summed E-state index contributed by atoms with van der Waals surface area (Å²) < 4.78 is 11.6. The molecule has 3 rings (SSSR count). The van der Waals surface area contributed by atoms with Crippen LogP contribution in [-0.2, 0) is 0 Å². The Morgan fingerprint density at radius 2 is 1.72 bits per heavy atom. The summed E-state index contributed by atoms with van der Waals surface area (Å²) in [5.74, 6) is 1.75. The molecule has 3 N–H and O–H groups in total. The zero-order valence-corrected chi connectivity index (χ0v) is 15.5. The summed E-state index contributed by atoms with van der Waals surface area (Å²) in [6, 6.07) is 17.3. The molecular formula is C19H18BrN3O2. The first-order chi connectivity index (χ1) is 12.1. The van der Waals surface area contributed by atoms with Crippen molar-refractivity contribution in [1.29, 1.82) is 0 Å². The van der Waals surface area contributed by atoms with Crippen molar-refractivity contribution in [1.82, 2.24) is 4.98 Å². The largest absolute Gasteiger partial charge is 0.493 e. The smallest absolute Gasteiger partial charge is 0.161 e. The summed E-state index contributed by atoms with van der Waals surface area (Å²) in [5.41, 5.74) is 9.44. The predicted octanol–water partition coefficient (Wildman–Crippen LogP) is 4.85. The molecule has 0 aliphatic heterocycles. The number of ether oxygens (including phenoxy) is 2. The highest BCUT2D eigenvalue weighted by Crippen LogP contribution is 2.33. The number of hydrogen-bond acceptors (Lipinski definition) is 5. The first-order valence-corrected chi connectivity index (χ1v) is 8.41. The molecule has 0 bridgehead atoms. The van der Waals surface area contributed by atoms with Crippen molar-refractivity contribution in [3.8, 4) is 22.8 Å². The summed E-state index contributed by atoms with van der Waals surface area (Å²) in [5, 5.41) is 3.34. The van der Waals surface area contributed by atoms with E-state index < -0.39 is 0 Å². The van der Waals surface area contributed by atoms with Crippen LogP contribution in [0.25, 0.3) is 11.3 Å². The molecule has 0 spiro atoms. The van der Waals surface area contributed by atoms with Gasteiger partial charge in [0, 0.05) is 27.5 Å². The van der Waals surface area contributed by atoms with E-state index in [0.29, 0.717) is 17.3 Å². The molecule has 0 amide bonds. The van der Waals surface area contributed by atoms with E-state index >= 15 is 0 Å². The molecule has 128 valence electrons. The second-order valence-corrected chi connectivity index (χ2v) is 6.29. The maximum atomic E-state index is 5.99. The highest BCUT2D eigenvalue weighted by Gasteiger charge is 2.09. The summed E-state index contributed by atoms with van der Waals surface area (Å²) in [7, 11) is 3.21. The van der Waals surface area contributed by atoms with Gasteiger partial charge in [0.05, 0.1) is 19.9 Å². The lowest BCUT2D eigenvalue weighted by atomic mass is 10.1. The van der Waals surface area contributed by atoms with E-state index in [1.165, 1.54) is 0 Å². The lowest BCUT2D eigenvalue weighted by Gasteiger charge is -2.12. The van der Waals surface area contributed by atoms with E-state index in [9.17, 15) is 0 Å². The lowest BCUT2D eigenvalue weighted by molar-refractivity contribution is 0.355. The lowest BCUT2D eigenvalue weighted by Crippen LogP contribution is -1.98. The van der Waals surface area contributed by atoms with Crippen molar-refractivity contribution in [2.45, 2.75) is 0 Å². The fourth-order valence-electron chi connectivity index (χ4n) is 2.50. The number of aromatic nitrogens is 1. The number of rotatable bonds is 5. The average molecular weight is 400 g/mol. The molecule has 0 aliphatic rings. The number of pyridine rings is 1. The standard InChI is InChI=1S/C19H18BrN3O2/c1-24-17-7-6-12(8-18(17)25-2)16-10-15(11-19(21)23-16)22-14-5-3-4-13(20)9-14/h3-11H,1-2H3,(H3,21,22,23). The molecule has 0 unspecified atom stereocenters. The minimum atomic E-state index is 0.435. The van der Waals surface area contributed by atoms with E-state index in [1.54, 1.807) is 20.3 Å². The van der Waals surface area contributed by atoms with Gasteiger partial charge in [0.15, 0.2) is 11.5 Å². The molecule has 1 heterocycles. The predicted molar refractivity (Wildman–Crippen MR) is 105 cm³/mol. The second-order valence-electron chi connectivity index (χ2n) is 5.37. The van der Waals surface area contributed by atoms with Crippen LogP contribution >= 0.6 is 15.9 Å². The molecule has 3 aromatic rings. The van der Waals surface area contributed by atoms with Gasteiger partial charge in [0.25, 0.3) is 0 Å². The number of nitrogens with one attached hydrogen (secondary N) is 1. The first-order valence-electron chi connectivity index (χ1n) is 7.61. The number of nitrogens with two attached hydrogens (primary N) is 1. The summed E-state index contributed by atoms with van der Waals surface area (Å²) >= 11 is 3.47. The number of hydrogen-bond donors (Lipinski definition) is 2. The third-order valence-electron chi connectivity index (χ3n) is 3.64. The maximum Gasteiger partial charge on any atom is 0.161 e. The topological polar surface area (TPSA) is 69.4 Å². The van der Waals surface area contributed by atoms with Crippen LogP contribution in [0.2, 0.25) is 0 Å². The van der Waals surface area contributed by atoms with E-state index in [0.717, 1.165) is 27.1 Å². The van der Waals surface area contributed by atoms with Crippen molar-refractivity contribution in [3.63, 3.8) is 0 Å². The van der Waals surface area contributed by atoms with Crippen molar-refractivity contribution >= 4 is 33.1 Å². The third kappa shape index (κ3) is 4.03. The van der Waals surface area contributed by atoms with Crippen LogP contribution < -0.4 is 20.5 Å². The zero-order valence-electron chi connectivity index (χ0n) is 13.9. The van der Waals surface area contributed by atoms with Crippen molar-refractivity contribution in [2.75, 3.05) is 25.3 Å². The monoisotopic (exact) mass is 399 g/mol. The summed E-state index contributed by atoms with van der Waals surface area (Å²) in [4.78, 5) is 4.43. The molecule has 0 saturated carbocycles. The van der Waals surface area contributed by atoms with Gasteiger partial charge in [-0.25, -0.2) is 4.98 Å². The van der Waals surface area contributed by atoms with Crippen molar-refractivity contribution in [3.05, 3.63) is 59.1 Å². The molecule has 0 radical (unpaired) electrons. The van der Waals surface area contributed by atoms with Gasteiger partial charge >= 0.3 is 0 Å². The van der Waals surface area contributed by atoms with Crippen molar-refractivity contribution < 1.29 is 9.47 Å². The molecule has 0 fully saturated rings. The Bertz CT molecular complexity index is 900. The minimum Gasteiger partial charge on any atom is -0.493 e. The molecule has 1 aromatic heterocycles. The molecule has 5 nitrogen and oxygen atoms in total. The van der Waals surface area contributed by atoms with Gasteiger partial charge in [-0.1, -0.05) is 22.0 Å². The number of halogens is 1. The van der Waals surface area contributed by atoms with Crippen molar-refractivity contribution in [2.24, 2.45) is 0 Å². The van der Waals surface area contributed by atoms with Gasteiger partial charge in [-0.2, -0.15) is 0 Å². The Balaban J connectivity index is 1.96. The van der Waals surface area contributed by atoms with Crippen LogP contribution in [-0.4, -0.2) is 19.2 Å². The van der Waals surface area contributed by atoms with Gasteiger partial charge in [-0.3, -0.25) is 0 Å². The van der Waals surface area contributed by atoms with Crippen LogP contribution in [0.3, 0.4) is 0 Å². The highest BCUT2D eigenvalue weighted by molar-refractivity contribution is 9.10. The fraction of sp³-hybridized carbons (Fsp3) is 0.105. The van der Waals surface area contributed by atoms with Crippen LogP contribution in [0.4, 0.5) is 17.2 Å². The Morgan fingerprint density at radius 1 is 0.920 bits per heavy atom. The molecule has 6 heteroatoms. The quantitative estimate of drug-likeness (QED) is 0.641. The van der Waals surface area contributed by atoms with Gasteiger partial charge in [0.2, 0.25) is 0 Å². The number of nitrogen functional groups attached to an aromatic ring is 1. The molecule has 0 atom stereocenters. The normalized spacial score (nSPS) is 10.4. The maximum absolute atomic E-state index is 5.99. The number of nitrogens with zero attached hydrogens (tertiary/aromatic N) is 1. The zero-order chi connectivity index (χ0) is 17.8. The van der Waals surface area contributed by atoms with Gasteiger partial charge in [0.1, 0.15) is 5.82 Å². The molecule has 0 aliphatic carbocycles.